The van der Waals surface area contributed by atoms with Gasteiger partial charge in [0.2, 0.25) is 5.91 Å². The number of hydrogen-bond donors (Lipinski definition) is 1. The molecule has 1 aromatic heterocycles. The van der Waals surface area contributed by atoms with Crippen molar-refractivity contribution in [1.82, 2.24) is 5.32 Å². The van der Waals surface area contributed by atoms with Crippen molar-refractivity contribution in [2.45, 2.75) is 26.8 Å². The van der Waals surface area contributed by atoms with Crippen LogP contribution >= 0.6 is 0 Å². The van der Waals surface area contributed by atoms with Crippen molar-refractivity contribution in [3.05, 3.63) is 75.7 Å². The molecule has 1 N–H and O–H groups in total. The van der Waals surface area contributed by atoms with E-state index in [4.69, 9.17) is 18.6 Å². The van der Waals surface area contributed by atoms with Crippen LogP contribution in [-0.4, -0.2) is 26.7 Å². The van der Waals surface area contributed by atoms with Gasteiger partial charge in [-0.25, -0.2) is 4.79 Å². The maximum absolute atomic E-state index is 12.6. The lowest BCUT2D eigenvalue weighted by Crippen LogP contribution is -2.27. The maximum Gasteiger partial charge on any atom is 0.340 e. The number of aryl methyl sites for hydroxylation is 1. The summed E-state index contributed by atoms with van der Waals surface area (Å²) in [4.78, 5) is 25.1. The molecule has 168 valence electrons. The molecule has 0 bridgehead atoms. The number of carbonyl (C=O) groups excluding carboxylic acids is 1. The van der Waals surface area contributed by atoms with Crippen molar-refractivity contribution in [2.24, 2.45) is 0 Å². The van der Waals surface area contributed by atoms with Crippen LogP contribution in [0, 0.1) is 6.92 Å². The normalized spacial score (nSPS) is 10.6. The van der Waals surface area contributed by atoms with Gasteiger partial charge in [-0.3, -0.25) is 4.79 Å². The third-order valence-corrected chi connectivity index (χ3v) is 5.02. The van der Waals surface area contributed by atoms with Crippen molar-refractivity contribution in [1.29, 1.82) is 0 Å². The van der Waals surface area contributed by atoms with Crippen molar-refractivity contribution in [3.63, 3.8) is 0 Å². The molecule has 2 aromatic carbocycles. The second kappa shape index (κ2) is 10.0. The number of methoxy groups -OCH3 is 2. The lowest BCUT2D eigenvalue weighted by molar-refractivity contribution is -0.120. The smallest absolute Gasteiger partial charge is 0.340 e. The van der Waals surface area contributed by atoms with Crippen molar-refractivity contribution in [3.8, 4) is 17.2 Å². The Balaban J connectivity index is 1.73. The summed E-state index contributed by atoms with van der Waals surface area (Å²) in [5.74, 6) is 1.50. The number of hydrogen-bond acceptors (Lipinski definition) is 6. The molecule has 0 radical (unpaired) electrons. The van der Waals surface area contributed by atoms with Crippen LogP contribution in [0.15, 0.2) is 57.8 Å². The van der Waals surface area contributed by atoms with Gasteiger partial charge in [0.1, 0.15) is 17.9 Å². The minimum atomic E-state index is -0.534. The summed E-state index contributed by atoms with van der Waals surface area (Å²) in [6.45, 7) is 8.16. The molecule has 7 nitrogen and oxygen atoms in total. The molecular formula is C25H27NO6. The summed E-state index contributed by atoms with van der Waals surface area (Å²) in [7, 11) is 3.12. The average Bonchev–Trinajstić information content (AvgIpc) is 2.78. The first-order valence-electron chi connectivity index (χ1n) is 10.1. The molecule has 32 heavy (non-hydrogen) atoms. The minimum Gasteiger partial charge on any atom is -0.493 e. The lowest BCUT2D eigenvalue weighted by atomic mass is 10.0. The Morgan fingerprint density at radius 3 is 2.53 bits per heavy atom. The van der Waals surface area contributed by atoms with Gasteiger partial charge in [0.15, 0.2) is 11.5 Å². The number of ether oxygens (including phenoxy) is 3. The standard InChI is InChI=1S/C25H27NO6/c1-15(2)14-31-18-7-8-19-16(3)20(25(28)32-22(19)11-18)12-24(27)26-13-17-6-9-21(29-4)23(10-17)30-5/h6-11H,1,12-14H2,2-5H3,(H,26,27). The molecule has 3 aromatic rings. The second-order valence-corrected chi connectivity index (χ2v) is 7.54. The molecule has 0 spiro atoms. The highest BCUT2D eigenvalue weighted by Gasteiger charge is 2.16. The Bertz CT molecular complexity index is 1210. The van der Waals surface area contributed by atoms with E-state index in [1.54, 1.807) is 38.5 Å². The highest BCUT2D eigenvalue weighted by molar-refractivity contribution is 5.85. The molecule has 0 aliphatic carbocycles. The first kappa shape index (κ1) is 22.9. The van der Waals surface area contributed by atoms with E-state index < -0.39 is 5.63 Å². The Morgan fingerprint density at radius 1 is 1.09 bits per heavy atom. The van der Waals surface area contributed by atoms with Gasteiger partial charge in [0.25, 0.3) is 0 Å². The SMILES string of the molecule is C=C(C)COc1ccc2c(C)c(CC(=O)NCc3ccc(OC)c(OC)c3)c(=O)oc2c1. The molecule has 0 unspecified atom stereocenters. The van der Waals surface area contributed by atoms with Gasteiger partial charge < -0.3 is 23.9 Å². The van der Waals surface area contributed by atoms with Gasteiger partial charge in [-0.15, -0.1) is 0 Å². The van der Waals surface area contributed by atoms with E-state index >= 15 is 0 Å². The summed E-state index contributed by atoms with van der Waals surface area (Å²) in [5, 5.41) is 3.59. The molecule has 7 heteroatoms. The zero-order chi connectivity index (χ0) is 23.3. The molecule has 0 saturated heterocycles. The molecule has 0 aliphatic heterocycles. The quantitative estimate of drug-likeness (QED) is 0.403. The monoisotopic (exact) mass is 437 g/mol. The summed E-state index contributed by atoms with van der Waals surface area (Å²) < 4.78 is 21.6. The molecule has 3 rings (SSSR count). The number of rotatable bonds is 9. The second-order valence-electron chi connectivity index (χ2n) is 7.54. The first-order chi connectivity index (χ1) is 15.3. The molecule has 1 amide bonds. The molecular weight excluding hydrogens is 410 g/mol. The van der Waals surface area contributed by atoms with Crippen LogP contribution in [0.2, 0.25) is 0 Å². The average molecular weight is 437 g/mol. The zero-order valence-electron chi connectivity index (χ0n) is 18.7. The predicted molar refractivity (Wildman–Crippen MR) is 123 cm³/mol. The van der Waals surface area contributed by atoms with Crippen LogP contribution in [-0.2, 0) is 17.8 Å². The van der Waals surface area contributed by atoms with E-state index in [-0.39, 0.29) is 12.3 Å². The Hall–Kier alpha value is -3.74. The van der Waals surface area contributed by atoms with Gasteiger partial charge in [0.05, 0.1) is 26.2 Å². The van der Waals surface area contributed by atoms with Crippen LogP contribution < -0.4 is 25.2 Å². The number of fused-ring (bicyclic) bond motifs is 1. The summed E-state index contributed by atoms with van der Waals surface area (Å²) in [5.41, 5.74) is 2.66. The van der Waals surface area contributed by atoms with Gasteiger partial charge >= 0.3 is 5.63 Å². The summed E-state index contributed by atoms with van der Waals surface area (Å²) >= 11 is 0. The van der Waals surface area contributed by atoms with E-state index in [1.165, 1.54) is 0 Å². The van der Waals surface area contributed by atoms with E-state index in [1.807, 2.05) is 26.0 Å². The molecule has 0 fully saturated rings. The van der Waals surface area contributed by atoms with Crippen LogP contribution in [0.5, 0.6) is 17.2 Å². The van der Waals surface area contributed by atoms with Gasteiger partial charge in [-0.1, -0.05) is 12.6 Å². The Kier molecular flexibility index (Phi) is 7.20. The van der Waals surface area contributed by atoms with Crippen LogP contribution in [0.3, 0.4) is 0 Å². The third kappa shape index (κ3) is 5.29. The third-order valence-electron chi connectivity index (χ3n) is 5.02. The fraction of sp³-hybridized carbons (Fsp3) is 0.280. The van der Waals surface area contributed by atoms with Crippen LogP contribution in [0.1, 0.15) is 23.6 Å². The zero-order valence-corrected chi connectivity index (χ0v) is 18.7. The van der Waals surface area contributed by atoms with Crippen LogP contribution in [0.25, 0.3) is 11.0 Å². The molecule has 0 aliphatic rings. The van der Waals surface area contributed by atoms with E-state index in [0.717, 1.165) is 16.5 Å². The first-order valence-corrected chi connectivity index (χ1v) is 10.1. The molecule has 0 saturated carbocycles. The van der Waals surface area contributed by atoms with E-state index in [2.05, 4.69) is 11.9 Å². The van der Waals surface area contributed by atoms with Crippen molar-refractivity contribution < 1.29 is 23.4 Å². The van der Waals surface area contributed by atoms with Gasteiger partial charge in [-0.2, -0.15) is 0 Å². The summed E-state index contributed by atoms with van der Waals surface area (Å²) in [6.07, 6.45) is -0.0781. The maximum atomic E-state index is 12.6. The number of carbonyl (C=O) groups is 1. The lowest BCUT2D eigenvalue weighted by Gasteiger charge is -2.12. The Morgan fingerprint density at radius 2 is 1.84 bits per heavy atom. The van der Waals surface area contributed by atoms with Crippen LogP contribution in [0.4, 0.5) is 0 Å². The largest absolute Gasteiger partial charge is 0.493 e. The summed E-state index contributed by atoms with van der Waals surface area (Å²) in [6, 6.07) is 10.7. The highest BCUT2D eigenvalue weighted by Crippen LogP contribution is 2.27. The minimum absolute atomic E-state index is 0.0781. The van der Waals surface area contributed by atoms with Crippen molar-refractivity contribution >= 4 is 16.9 Å². The Labute approximate surface area is 186 Å². The van der Waals surface area contributed by atoms with E-state index in [0.29, 0.717) is 47.1 Å². The molecule has 1 heterocycles. The topological polar surface area (TPSA) is 87.0 Å². The van der Waals surface area contributed by atoms with E-state index in [9.17, 15) is 9.59 Å². The number of nitrogens with one attached hydrogen (secondary N) is 1. The predicted octanol–water partition coefficient (Wildman–Crippen LogP) is 3.93. The molecule has 0 atom stereocenters. The number of amides is 1. The van der Waals surface area contributed by atoms with Gasteiger partial charge in [-0.05, 0) is 54.8 Å². The fourth-order valence-corrected chi connectivity index (χ4v) is 3.29. The fourth-order valence-electron chi connectivity index (χ4n) is 3.29. The highest BCUT2D eigenvalue weighted by atomic mass is 16.5. The number of benzene rings is 2. The van der Waals surface area contributed by atoms with Crippen molar-refractivity contribution in [2.75, 3.05) is 20.8 Å². The van der Waals surface area contributed by atoms with Gasteiger partial charge in [0, 0.05) is 18.0 Å².